The zero-order valence-corrected chi connectivity index (χ0v) is 11.8. The number of amides is 1. The molecule has 0 bridgehead atoms. The summed E-state index contributed by atoms with van der Waals surface area (Å²) < 4.78 is 9.89. The van der Waals surface area contributed by atoms with E-state index in [1.54, 1.807) is 31.3 Å². The summed E-state index contributed by atoms with van der Waals surface area (Å²) in [4.78, 5) is 24.3. The van der Waals surface area contributed by atoms with Crippen molar-refractivity contribution >= 4 is 17.6 Å². The highest BCUT2D eigenvalue weighted by Crippen LogP contribution is 2.14. The van der Waals surface area contributed by atoms with Crippen LogP contribution in [-0.2, 0) is 14.3 Å². The maximum absolute atomic E-state index is 11.8. The molecule has 0 radical (unpaired) electrons. The Balaban J connectivity index is 2.29. The van der Waals surface area contributed by atoms with E-state index in [4.69, 9.17) is 10.5 Å². The minimum absolute atomic E-state index is 0.0574. The van der Waals surface area contributed by atoms with Crippen LogP contribution in [0.5, 0.6) is 5.75 Å². The van der Waals surface area contributed by atoms with E-state index in [1.165, 1.54) is 12.0 Å². The molecular weight excluding hydrogens is 260 g/mol. The summed E-state index contributed by atoms with van der Waals surface area (Å²) in [5, 5.41) is 0. The molecule has 6 heteroatoms. The Morgan fingerprint density at radius 3 is 2.75 bits per heavy atom. The molecule has 0 aliphatic rings. The van der Waals surface area contributed by atoms with Crippen molar-refractivity contribution in [3.05, 3.63) is 24.3 Å². The van der Waals surface area contributed by atoms with Gasteiger partial charge in [0.2, 0.25) is 0 Å². The highest BCUT2D eigenvalue weighted by molar-refractivity contribution is 5.77. The second kappa shape index (κ2) is 8.04. The van der Waals surface area contributed by atoms with E-state index in [0.717, 1.165) is 0 Å². The maximum Gasteiger partial charge on any atom is 0.305 e. The van der Waals surface area contributed by atoms with Crippen molar-refractivity contribution in [2.75, 3.05) is 33.0 Å². The molecule has 1 rings (SSSR count). The first-order valence-electron chi connectivity index (χ1n) is 6.32. The molecule has 0 atom stereocenters. The number of nitrogens with zero attached hydrogens (tertiary/aromatic N) is 1. The quantitative estimate of drug-likeness (QED) is 0.596. The van der Waals surface area contributed by atoms with Gasteiger partial charge in [0.05, 0.1) is 7.11 Å². The first-order chi connectivity index (χ1) is 9.52. The number of esters is 1. The average Bonchev–Trinajstić information content (AvgIpc) is 2.44. The Morgan fingerprint density at radius 1 is 1.35 bits per heavy atom. The molecule has 0 saturated heterocycles. The van der Waals surface area contributed by atoms with E-state index in [2.05, 4.69) is 4.74 Å². The molecule has 0 heterocycles. The summed E-state index contributed by atoms with van der Waals surface area (Å²) in [5.41, 5.74) is 6.20. The lowest BCUT2D eigenvalue weighted by atomic mass is 10.3. The number of rotatable bonds is 7. The number of carbonyl (C=O) groups excluding carboxylic acids is 2. The number of hydrogen-bond acceptors (Lipinski definition) is 5. The van der Waals surface area contributed by atoms with Gasteiger partial charge in [0.15, 0.2) is 6.61 Å². The third-order valence-electron chi connectivity index (χ3n) is 2.75. The smallest absolute Gasteiger partial charge is 0.305 e. The van der Waals surface area contributed by atoms with Crippen molar-refractivity contribution in [3.8, 4) is 5.75 Å². The van der Waals surface area contributed by atoms with Gasteiger partial charge in [0, 0.05) is 31.8 Å². The van der Waals surface area contributed by atoms with Crippen LogP contribution in [0, 0.1) is 0 Å². The summed E-state index contributed by atoms with van der Waals surface area (Å²) >= 11 is 0. The van der Waals surface area contributed by atoms with Crippen LogP contribution in [0.3, 0.4) is 0 Å². The molecule has 110 valence electrons. The summed E-state index contributed by atoms with van der Waals surface area (Å²) in [7, 11) is 3.01. The monoisotopic (exact) mass is 280 g/mol. The van der Waals surface area contributed by atoms with Crippen molar-refractivity contribution < 1.29 is 19.1 Å². The lowest BCUT2D eigenvalue weighted by molar-refractivity contribution is -0.141. The van der Waals surface area contributed by atoms with E-state index in [1.807, 2.05) is 0 Å². The van der Waals surface area contributed by atoms with Crippen molar-refractivity contribution in [1.29, 1.82) is 0 Å². The molecule has 6 nitrogen and oxygen atoms in total. The first-order valence-corrected chi connectivity index (χ1v) is 6.32. The summed E-state index contributed by atoms with van der Waals surface area (Å²) in [5.74, 6) is 0.125. The maximum atomic E-state index is 11.8. The van der Waals surface area contributed by atoms with Crippen LogP contribution < -0.4 is 10.5 Å². The van der Waals surface area contributed by atoms with E-state index in [9.17, 15) is 9.59 Å². The van der Waals surface area contributed by atoms with Crippen molar-refractivity contribution in [2.24, 2.45) is 0 Å². The number of nitrogens with two attached hydrogens (primary N) is 1. The van der Waals surface area contributed by atoms with Gasteiger partial charge in [-0.1, -0.05) is 6.07 Å². The van der Waals surface area contributed by atoms with Gasteiger partial charge in [-0.25, -0.2) is 0 Å². The minimum atomic E-state index is -0.276. The van der Waals surface area contributed by atoms with Crippen LogP contribution in [-0.4, -0.2) is 44.1 Å². The van der Waals surface area contributed by atoms with Gasteiger partial charge in [0.25, 0.3) is 5.91 Å². The molecule has 0 spiro atoms. The van der Waals surface area contributed by atoms with Gasteiger partial charge < -0.3 is 20.1 Å². The number of likely N-dealkylation sites (N-methyl/N-ethyl adjacent to an activating group) is 1. The Morgan fingerprint density at radius 2 is 2.10 bits per heavy atom. The second-order valence-electron chi connectivity index (χ2n) is 4.36. The first kappa shape index (κ1) is 15.8. The molecule has 0 saturated carbocycles. The predicted molar refractivity (Wildman–Crippen MR) is 75.2 cm³/mol. The van der Waals surface area contributed by atoms with Crippen molar-refractivity contribution in [3.63, 3.8) is 0 Å². The Bertz CT molecular complexity index is 462. The number of ether oxygens (including phenoxy) is 2. The molecule has 0 aliphatic heterocycles. The molecule has 1 aromatic carbocycles. The SMILES string of the molecule is COC(=O)CCCN(C)C(=O)COc1cccc(N)c1. The molecule has 2 N–H and O–H groups in total. The molecule has 0 unspecified atom stereocenters. The number of benzene rings is 1. The van der Waals surface area contributed by atoms with Gasteiger partial charge in [-0.2, -0.15) is 0 Å². The number of methoxy groups -OCH3 is 1. The fourth-order valence-electron chi connectivity index (χ4n) is 1.55. The highest BCUT2D eigenvalue weighted by Gasteiger charge is 2.10. The van der Waals surface area contributed by atoms with Gasteiger partial charge in [-0.15, -0.1) is 0 Å². The lowest BCUT2D eigenvalue weighted by Gasteiger charge is -2.17. The van der Waals surface area contributed by atoms with Gasteiger partial charge in [-0.3, -0.25) is 9.59 Å². The zero-order chi connectivity index (χ0) is 15.0. The Hall–Kier alpha value is -2.24. The lowest BCUT2D eigenvalue weighted by Crippen LogP contribution is -2.32. The largest absolute Gasteiger partial charge is 0.484 e. The molecule has 1 aromatic rings. The molecule has 20 heavy (non-hydrogen) atoms. The van der Waals surface area contributed by atoms with E-state index >= 15 is 0 Å². The third-order valence-corrected chi connectivity index (χ3v) is 2.75. The minimum Gasteiger partial charge on any atom is -0.484 e. The number of nitrogen functional groups attached to an aromatic ring is 1. The van der Waals surface area contributed by atoms with Crippen molar-refractivity contribution in [1.82, 2.24) is 4.90 Å². The van der Waals surface area contributed by atoms with Crippen LogP contribution in [0.4, 0.5) is 5.69 Å². The second-order valence-corrected chi connectivity index (χ2v) is 4.36. The van der Waals surface area contributed by atoms with E-state index < -0.39 is 0 Å². The van der Waals surface area contributed by atoms with Crippen molar-refractivity contribution in [2.45, 2.75) is 12.8 Å². The fourth-order valence-corrected chi connectivity index (χ4v) is 1.55. The van der Waals surface area contributed by atoms with E-state index in [0.29, 0.717) is 30.8 Å². The molecule has 1 amide bonds. The van der Waals surface area contributed by atoms with Gasteiger partial charge >= 0.3 is 5.97 Å². The third kappa shape index (κ3) is 5.60. The number of hydrogen-bond donors (Lipinski definition) is 1. The van der Waals surface area contributed by atoms with Crippen LogP contribution in [0.25, 0.3) is 0 Å². The number of anilines is 1. The number of carbonyl (C=O) groups is 2. The van der Waals surface area contributed by atoms with Crippen LogP contribution in [0.2, 0.25) is 0 Å². The molecule has 0 aromatic heterocycles. The average molecular weight is 280 g/mol. The van der Waals surface area contributed by atoms with Crippen LogP contribution in [0.15, 0.2) is 24.3 Å². The fraction of sp³-hybridized carbons (Fsp3) is 0.429. The zero-order valence-electron chi connectivity index (χ0n) is 11.8. The topological polar surface area (TPSA) is 81.9 Å². The normalized spacial score (nSPS) is 9.90. The Labute approximate surface area is 118 Å². The summed E-state index contributed by atoms with van der Waals surface area (Å²) in [6, 6.07) is 6.90. The summed E-state index contributed by atoms with van der Waals surface area (Å²) in [6.45, 7) is 0.423. The van der Waals surface area contributed by atoms with Crippen LogP contribution >= 0.6 is 0 Å². The van der Waals surface area contributed by atoms with Crippen LogP contribution in [0.1, 0.15) is 12.8 Å². The standard InChI is InChI=1S/C14H20N2O4/c1-16(8-4-7-14(18)19-2)13(17)10-20-12-6-3-5-11(15)9-12/h3,5-6,9H,4,7-8,10,15H2,1-2H3. The predicted octanol–water partition coefficient (Wildman–Crippen LogP) is 1.06. The van der Waals surface area contributed by atoms with Gasteiger partial charge in [-0.05, 0) is 18.6 Å². The molecular formula is C14H20N2O4. The van der Waals surface area contributed by atoms with Gasteiger partial charge in [0.1, 0.15) is 5.75 Å². The molecule has 0 aliphatic carbocycles. The Kier molecular flexibility index (Phi) is 6.36. The summed E-state index contributed by atoms with van der Waals surface area (Å²) in [6.07, 6.45) is 0.859. The molecule has 0 fully saturated rings. The highest BCUT2D eigenvalue weighted by atomic mass is 16.5. The van der Waals surface area contributed by atoms with E-state index in [-0.39, 0.29) is 18.5 Å².